The van der Waals surface area contributed by atoms with E-state index in [-0.39, 0.29) is 12.8 Å². The van der Waals surface area contributed by atoms with Crippen LogP contribution in [-0.4, -0.2) is 40.0 Å². The molecule has 5 nitrogen and oxygen atoms in total. The average molecular weight is 358 g/mol. The van der Waals surface area contributed by atoms with Gasteiger partial charge in [-0.15, -0.1) is 0 Å². The number of hydrogen-bond acceptors (Lipinski definition) is 4. The lowest BCUT2D eigenvalue weighted by molar-refractivity contribution is -0.239. The second kappa shape index (κ2) is 8.53. The van der Waals surface area contributed by atoms with Crippen LogP contribution < -0.4 is 0 Å². The van der Waals surface area contributed by atoms with Gasteiger partial charge in [-0.1, -0.05) is 24.1 Å². The Hall–Kier alpha value is -2.53. The third-order valence-corrected chi connectivity index (χ3v) is 3.22. The van der Waals surface area contributed by atoms with Crippen molar-refractivity contribution in [3.05, 3.63) is 35.9 Å². The number of carboxylic acid groups (broad SMARTS) is 1. The molecule has 0 aliphatic heterocycles. The normalized spacial score (nSPS) is 14.6. The van der Waals surface area contributed by atoms with Gasteiger partial charge in [0.25, 0.3) is 0 Å². The number of carbonyl (C=O) groups is 2. The highest BCUT2D eigenvalue weighted by Gasteiger charge is 2.59. The van der Waals surface area contributed by atoms with Crippen LogP contribution in [0.1, 0.15) is 36.5 Å². The smallest absolute Gasteiger partial charge is 0.440 e. The van der Waals surface area contributed by atoms with Gasteiger partial charge < -0.3 is 14.9 Å². The number of aliphatic hydroxyl groups is 1. The highest BCUT2D eigenvalue weighted by molar-refractivity contribution is 5.89. The van der Waals surface area contributed by atoms with Gasteiger partial charge in [0.15, 0.2) is 0 Å². The van der Waals surface area contributed by atoms with Crippen LogP contribution in [0.3, 0.4) is 0 Å². The van der Waals surface area contributed by atoms with Gasteiger partial charge in [-0.05, 0) is 37.8 Å². The van der Waals surface area contributed by atoms with E-state index in [2.05, 4.69) is 0 Å². The third kappa shape index (κ3) is 5.80. The fraction of sp³-hybridized carbons (Fsp3) is 0.412. The number of carbonyl (C=O) groups excluding carboxylic acids is 1. The second-order valence-electron chi connectivity index (χ2n) is 5.29. The van der Waals surface area contributed by atoms with Crippen LogP contribution in [0.4, 0.5) is 13.2 Å². The number of esters is 1. The van der Waals surface area contributed by atoms with Crippen LogP contribution in [-0.2, 0) is 9.53 Å². The summed E-state index contributed by atoms with van der Waals surface area (Å²) in [7, 11) is 0. The zero-order valence-corrected chi connectivity index (χ0v) is 13.3. The summed E-state index contributed by atoms with van der Waals surface area (Å²) < 4.78 is 42.7. The van der Waals surface area contributed by atoms with Gasteiger partial charge in [0.05, 0.1) is 11.7 Å². The minimum Gasteiger partial charge on any atom is -0.478 e. The van der Waals surface area contributed by atoms with Crippen molar-refractivity contribution in [1.29, 1.82) is 0 Å². The molecule has 0 saturated heterocycles. The summed E-state index contributed by atoms with van der Waals surface area (Å²) in [6.45, 7) is 1.62. The molecule has 0 heterocycles. The lowest BCUT2D eigenvalue weighted by Gasteiger charge is -2.19. The number of ether oxygens (including phenoxy) is 1. The van der Waals surface area contributed by atoms with Gasteiger partial charge in [-0.3, -0.25) is 0 Å². The van der Waals surface area contributed by atoms with E-state index in [4.69, 9.17) is 14.9 Å². The fourth-order valence-electron chi connectivity index (χ4n) is 1.80. The van der Waals surface area contributed by atoms with Crippen LogP contribution in [0.5, 0.6) is 0 Å². The Morgan fingerprint density at radius 2 is 1.84 bits per heavy atom. The second-order valence-corrected chi connectivity index (χ2v) is 5.29. The highest BCUT2D eigenvalue weighted by Crippen LogP contribution is 2.30. The number of hydrogen-bond donors (Lipinski definition) is 2. The van der Waals surface area contributed by atoms with Gasteiger partial charge in [0.2, 0.25) is 0 Å². The number of carboxylic acids is 1. The van der Waals surface area contributed by atoms with E-state index in [0.29, 0.717) is 12.0 Å². The summed E-state index contributed by atoms with van der Waals surface area (Å²) in [6, 6.07) is 8.29. The van der Waals surface area contributed by atoms with Crippen LogP contribution in [0.25, 0.3) is 0 Å². The topological polar surface area (TPSA) is 83.8 Å². The number of halogens is 3. The molecule has 0 saturated carbocycles. The Balaban J connectivity index is 2.48. The molecule has 1 rings (SSSR count). The summed E-state index contributed by atoms with van der Waals surface area (Å²) in [6.07, 6.45) is -5.38. The molecule has 1 aromatic rings. The maximum atomic E-state index is 12.5. The van der Waals surface area contributed by atoms with E-state index < -0.39 is 29.8 Å². The molecule has 0 bridgehead atoms. The summed E-state index contributed by atoms with van der Waals surface area (Å²) in [5, 5.41) is 17.6. The fourth-order valence-corrected chi connectivity index (χ4v) is 1.80. The first-order valence-corrected chi connectivity index (χ1v) is 7.36. The van der Waals surface area contributed by atoms with E-state index >= 15 is 0 Å². The molecule has 0 radical (unpaired) electrons. The molecule has 2 N–H and O–H groups in total. The molecule has 0 spiro atoms. The maximum absolute atomic E-state index is 12.5. The van der Waals surface area contributed by atoms with Crippen LogP contribution in [0.15, 0.2) is 30.3 Å². The summed E-state index contributed by atoms with van der Waals surface area (Å²) in [4.78, 5) is 22.4. The predicted octanol–water partition coefficient (Wildman–Crippen LogP) is 2.78. The lowest BCUT2D eigenvalue weighted by atomic mass is 10.0. The lowest BCUT2D eigenvalue weighted by Crippen LogP contribution is -2.50. The van der Waals surface area contributed by atoms with Gasteiger partial charge in [-0.2, -0.15) is 13.2 Å². The van der Waals surface area contributed by atoms with Crippen molar-refractivity contribution in [3.63, 3.8) is 0 Å². The highest BCUT2D eigenvalue weighted by atomic mass is 19.4. The van der Waals surface area contributed by atoms with Gasteiger partial charge in [0, 0.05) is 6.42 Å². The zero-order valence-electron chi connectivity index (χ0n) is 13.3. The number of aliphatic carboxylic acids is 1. The van der Waals surface area contributed by atoms with Crippen LogP contribution in [0.2, 0.25) is 0 Å². The van der Waals surface area contributed by atoms with E-state index in [0.717, 1.165) is 0 Å². The molecule has 8 heteroatoms. The van der Waals surface area contributed by atoms with Crippen molar-refractivity contribution in [3.8, 4) is 11.8 Å². The van der Waals surface area contributed by atoms with Crippen LogP contribution >= 0.6 is 0 Å². The molecule has 1 unspecified atom stereocenters. The minimum absolute atomic E-state index is 0.0844. The molecule has 0 aliphatic rings. The Kier molecular flexibility index (Phi) is 7.00. The van der Waals surface area contributed by atoms with Crippen molar-refractivity contribution in [2.75, 3.05) is 0 Å². The molecular weight excluding hydrogens is 341 g/mol. The Morgan fingerprint density at radius 1 is 1.24 bits per heavy atom. The largest absolute Gasteiger partial charge is 0.478 e. The molecule has 0 amide bonds. The first-order valence-electron chi connectivity index (χ1n) is 7.36. The number of rotatable bonds is 6. The van der Waals surface area contributed by atoms with Crippen molar-refractivity contribution in [2.24, 2.45) is 0 Å². The number of unbranched alkanes of at least 4 members (excludes halogenated alkanes) is 1. The first kappa shape index (κ1) is 20.5. The molecule has 0 aliphatic carbocycles. The molecule has 25 heavy (non-hydrogen) atoms. The van der Waals surface area contributed by atoms with Crippen molar-refractivity contribution >= 4 is 11.9 Å². The van der Waals surface area contributed by atoms with E-state index in [1.165, 1.54) is 5.92 Å². The van der Waals surface area contributed by atoms with Gasteiger partial charge >= 0.3 is 23.7 Å². The average Bonchev–Trinajstić information content (AvgIpc) is 2.53. The summed E-state index contributed by atoms with van der Waals surface area (Å²) in [5.41, 5.74) is -3.70. The molecule has 136 valence electrons. The molecule has 0 fully saturated rings. The van der Waals surface area contributed by atoms with E-state index in [1.54, 1.807) is 37.3 Å². The molecule has 1 aromatic carbocycles. The van der Waals surface area contributed by atoms with Crippen molar-refractivity contribution < 1.29 is 37.7 Å². The van der Waals surface area contributed by atoms with Gasteiger partial charge in [-0.25, -0.2) is 9.59 Å². The van der Waals surface area contributed by atoms with Gasteiger partial charge in [0.1, 0.15) is 0 Å². The Labute approximate surface area is 142 Å². The maximum Gasteiger partial charge on any atom is 0.440 e. The Morgan fingerprint density at radius 3 is 2.36 bits per heavy atom. The SMILES string of the molecule is C[C@H](CCCC#CC(O)(C(=O)O)C(F)(F)F)OC(=O)c1ccccc1. The molecule has 0 aromatic heterocycles. The van der Waals surface area contributed by atoms with Crippen LogP contribution in [0, 0.1) is 11.8 Å². The Bertz CT molecular complexity index is 660. The third-order valence-electron chi connectivity index (χ3n) is 3.22. The summed E-state index contributed by atoms with van der Waals surface area (Å²) in [5.74, 6) is 0.371. The molecule has 2 atom stereocenters. The quantitative estimate of drug-likeness (QED) is 0.464. The standard InChI is InChI=1S/C17H17F3O5/c1-12(25-14(21)13-9-5-2-6-10-13)8-4-3-7-11-16(24,15(22)23)17(18,19)20/h2,5-6,9-10,12,24H,3-4,8H2,1H3,(H,22,23)/t12-,16?/m1/s1. The number of benzene rings is 1. The molecular formula is C17H17F3O5. The van der Waals surface area contributed by atoms with E-state index in [1.807, 2.05) is 5.92 Å². The zero-order chi connectivity index (χ0) is 19.1. The first-order chi connectivity index (χ1) is 11.6. The minimum atomic E-state index is -5.40. The monoisotopic (exact) mass is 358 g/mol. The summed E-state index contributed by atoms with van der Waals surface area (Å²) >= 11 is 0. The number of alkyl halides is 3. The van der Waals surface area contributed by atoms with Crippen molar-refractivity contribution in [2.45, 2.75) is 44.1 Å². The predicted molar refractivity (Wildman–Crippen MR) is 81.6 cm³/mol. The van der Waals surface area contributed by atoms with E-state index in [9.17, 15) is 22.8 Å². The van der Waals surface area contributed by atoms with Crippen molar-refractivity contribution in [1.82, 2.24) is 0 Å².